The number of amides is 1. The second kappa shape index (κ2) is 7.80. The number of benzene rings is 1. The number of carbonyl (C=O) groups is 1. The average molecular weight is 371 g/mol. The zero-order valence-electron chi connectivity index (χ0n) is 12.3. The first kappa shape index (κ1) is 17.8. The van der Waals surface area contributed by atoms with E-state index in [0.29, 0.717) is 10.8 Å². The Kier molecular flexibility index (Phi) is 5.78. The van der Waals surface area contributed by atoms with Crippen LogP contribution in [0.5, 0.6) is 5.75 Å². The quantitative estimate of drug-likeness (QED) is 0.597. The summed E-state index contributed by atoms with van der Waals surface area (Å²) in [5.41, 5.74) is 4.76. The zero-order chi connectivity index (χ0) is 17.7. The lowest BCUT2D eigenvalue weighted by Crippen LogP contribution is -2.39. The molecule has 1 atom stereocenters. The number of halogens is 2. The van der Waals surface area contributed by atoms with E-state index in [9.17, 15) is 14.9 Å². The van der Waals surface area contributed by atoms with Crippen molar-refractivity contribution in [1.82, 2.24) is 10.4 Å². The van der Waals surface area contributed by atoms with Crippen LogP contribution >= 0.6 is 23.2 Å². The maximum atomic E-state index is 12.0. The molecule has 2 aromatic rings. The van der Waals surface area contributed by atoms with Gasteiger partial charge in [-0.1, -0.05) is 23.2 Å². The number of carbonyl (C=O) groups excluding carboxylic acids is 1. The minimum Gasteiger partial charge on any atom is -0.479 e. The summed E-state index contributed by atoms with van der Waals surface area (Å²) in [6.07, 6.45) is 0.219. The molecular weight excluding hydrogens is 359 g/mol. The number of aromatic nitrogens is 1. The van der Waals surface area contributed by atoms with Crippen molar-refractivity contribution in [3.05, 3.63) is 56.7 Å². The molecule has 1 heterocycles. The van der Waals surface area contributed by atoms with Crippen molar-refractivity contribution in [2.75, 3.05) is 5.43 Å². The molecule has 1 amide bonds. The molecule has 24 heavy (non-hydrogen) atoms. The van der Waals surface area contributed by atoms with E-state index in [2.05, 4.69) is 15.8 Å². The van der Waals surface area contributed by atoms with Crippen LogP contribution in [0.4, 0.5) is 11.5 Å². The van der Waals surface area contributed by atoms with Gasteiger partial charge >= 0.3 is 0 Å². The van der Waals surface area contributed by atoms with Gasteiger partial charge in [-0.3, -0.25) is 25.8 Å². The molecule has 10 heteroatoms. The number of hydrazine groups is 1. The molecule has 1 aromatic heterocycles. The molecule has 0 saturated heterocycles. The average Bonchev–Trinajstić information content (AvgIpc) is 2.55. The number of hydrogen-bond acceptors (Lipinski definition) is 6. The SMILES string of the molecule is CC(Oc1ccc(Cl)cc1Cl)C(=O)NNc1ccc([N+](=O)[O-])cn1. The van der Waals surface area contributed by atoms with Crippen molar-refractivity contribution in [2.24, 2.45) is 0 Å². The minimum atomic E-state index is -0.853. The molecule has 2 rings (SSSR count). The smallest absolute Gasteiger partial charge is 0.287 e. The van der Waals surface area contributed by atoms with Crippen LogP contribution in [-0.2, 0) is 4.79 Å². The van der Waals surface area contributed by atoms with E-state index < -0.39 is 16.9 Å². The Bertz CT molecular complexity index is 755. The van der Waals surface area contributed by atoms with Crippen molar-refractivity contribution in [3.63, 3.8) is 0 Å². The number of pyridine rings is 1. The Hall–Kier alpha value is -2.58. The third kappa shape index (κ3) is 4.71. The fraction of sp³-hybridized carbons (Fsp3) is 0.143. The zero-order valence-corrected chi connectivity index (χ0v) is 13.8. The number of hydrogen-bond donors (Lipinski definition) is 2. The van der Waals surface area contributed by atoms with E-state index in [4.69, 9.17) is 27.9 Å². The first-order valence-electron chi connectivity index (χ1n) is 6.65. The summed E-state index contributed by atoms with van der Waals surface area (Å²) in [5.74, 6) is 0.0732. The van der Waals surface area contributed by atoms with Crippen LogP contribution in [0.2, 0.25) is 10.0 Å². The Balaban J connectivity index is 1.90. The van der Waals surface area contributed by atoms with E-state index in [0.717, 1.165) is 6.20 Å². The molecule has 0 aliphatic rings. The molecule has 2 N–H and O–H groups in total. The Morgan fingerprint density at radius 1 is 1.33 bits per heavy atom. The van der Waals surface area contributed by atoms with Crippen LogP contribution in [0.25, 0.3) is 0 Å². The summed E-state index contributed by atoms with van der Waals surface area (Å²) in [6, 6.07) is 7.27. The van der Waals surface area contributed by atoms with Gasteiger partial charge in [0.15, 0.2) is 6.10 Å². The summed E-state index contributed by atoms with van der Waals surface area (Å²) in [5, 5.41) is 11.3. The molecule has 0 aliphatic heterocycles. The second-order valence-electron chi connectivity index (χ2n) is 4.61. The second-order valence-corrected chi connectivity index (χ2v) is 5.45. The number of rotatable bonds is 6. The standard InChI is InChI=1S/C14H12Cl2N4O4/c1-8(24-12-4-2-9(15)6-11(12)16)14(21)19-18-13-5-3-10(7-17-13)20(22)23/h2-8H,1H3,(H,17,18)(H,19,21). The normalized spacial score (nSPS) is 11.5. The highest BCUT2D eigenvalue weighted by Crippen LogP contribution is 2.28. The highest BCUT2D eigenvalue weighted by molar-refractivity contribution is 6.35. The lowest BCUT2D eigenvalue weighted by molar-refractivity contribution is -0.385. The van der Waals surface area contributed by atoms with Crippen molar-refractivity contribution in [2.45, 2.75) is 13.0 Å². The van der Waals surface area contributed by atoms with Crippen molar-refractivity contribution >= 4 is 40.6 Å². The highest BCUT2D eigenvalue weighted by atomic mass is 35.5. The third-order valence-electron chi connectivity index (χ3n) is 2.84. The largest absolute Gasteiger partial charge is 0.479 e. The van der Waals surface area contributed by atoms with E-state index in [1.54, 1.807) is 12.1 Å². The first-order valence-corrected chi connectivity index (χ1v) is 7.40. The van der Waals surface area contributed by atoms with Crippen LogP contribution in [0.1, 0.15) is 6.92 Å². The topological polar surface area (TPSA) is 106 Å². The maximum absolute atomic E-state index is 12.0. The van der Waals surface area contributed by atoms with Gasteiger partial charge in [-0.2, -0.15) is 0 Å². The fourth-order valence-electron chi connectivity index (χ4n) is 1.61. The van der Waals surface area contributed by atoms with Crippen molar-refractivity contribution in [1.29, 1.82) is 0 Å². The van der Waals surface area contributed by atoms with Crippen LogP contribution in [0.3, 0.4) is 0 Å². The molecule has 0 saturated carbocycles. The summed E-state index contributed by atoms with van der Waals surface area (Å²) in [7, 11) is 0. The van der Waals surface area contributed by atoms with Crippen molar-refractivity contribution < 1.29 is 14.5 Å². The van der Waals surface area contributed by atoms with E-state index >= 15 is 0 Å². The molecule has 0 spiro atoms. The van der Waals surface area contributed by atoms with Crippen LogP contribution < -0.4 is 15.6 Å². The molecule has 0 bridgehead atoms. The summed E-state index contributed by atoms with van der Waals surface area (Å²) in [4.78, 5) is 25.7. The summed E-state index contributed by atoms with van der Waals surface area (Å²) < 4.78 is 5.45. The number of nitrogens with zero attached hydrogens (tertiary/aromatic N) is 2. The molecule has 8 nitrogen and oxygen atoms in total. The van der Waals surface area contributed by atoms with Gasteiger partial charge in [0.05, 0.1) is 9.95 Å². The summed E-state index contributed by atoms with van der Waals surface area (Å²) in [6.45, 7) is 1.53. The Labute approximate surface area is 146 Å². The summed E-state index contributed by atoms with van der Waals surface area (Å²) >= 11 is 11.8. The van der Waals surface area contributed by atoms with Gasteiger partial charge < -0.3 is 4.74 Å². The van der Waals surface area contributed by atoms with Gasteiger partial charge in [0.2, 0.25) is 0 Å². The van der Waals surface area contributed by atoms with Gasteiger partial charge in [0.25, 0.3) is 11.6 Å². The molecule has 1 aromatic carbocycles. The maximum Gasteiger partial charge on any atom is 0.287 e. The lowest BCUT2D eigenvalue weighted by atomic mass is 10.3. The monoisotopic (exact) mass is 370 g/mol. The molecule has 0 radical (unpaired) electrons. The number of anilines is 1. The van der Waals surface area contributed by atoms with E-state index in [1.807, 2.05) is 0 Å². The van der Waals surface area contributed by atoms with Crippen LogP contribution in [0.15, 0.2) is 36.5 Å². The lowest BCUT2D eigenvalue weighted by Gasteiger charge is -2.16. The van der Waals surface area contributed by atoms with Gasteiger partial charge in [-0.05, 0) is 31.2 Å². The van der Waals surface area contributed by atoms with Crippen molar-refractivity contribution in [3.8, 4) is 5.75 Å². The fourth-order valence-corrected chi connectivity index (χ4v) is 2.06. The van der Waals surface area contributed by atoms with E-state index in [1.165, 1.54) is 25.1 Å². The van der Waals surface area contributed by atoms with Gasteiger partial charge in [-0.25, -0.2) is 4.98 Å². The number of ether oxygens (including phenoxy) is 1. The molecule has 126 valence electrons. The Morgan fingerprint density at radius 2 is 2.08 bits per heavy atom. The minimum absolute atomic E-state index is 0.152. The Morgan fingerprint density at radius 3 is 2.67 bits per heavy atom. The highest BCUT2D eigenvalue weighted by Gasteiger charge is 2.16. The molecule has 1 unspecified atom stereocenters. The number of nitrogens with one attached hydrogen (secondary N) is 2. The van der Waals surface area contributed by atoms with Crippen LogP contribution in [-0.4, -0.2) is 21.9 Å². The predicted octanol–water partition coefficient (Wildman–Crippen LogP) is 3.21. The molecule has 0 fully saturated rings. The predicted molar refractivity (Wildman–Crippen MR) is 89.2 cm³/mol. The van der Waals surface area contributed by atoms with E-state index in [-0.39, 0.29) is 16.5 Å². The molecular formula is C14H12Cl2N4O4. The third-order valence-corrected chi connectivity index (χ3v) is 3.37. The van der Waals surface area contributed by atoms with Gasteiger partial charge in [-0.15, -0.1) is 0 Å². The van der Waals surface area contributed by atoms with Gasteiger partial charge in [0.1, 0.15) is 17.8 Å². The first-order chi connectivity index (χ1) is 11.4. The van der Waals surface area contributed by atoms with Gasteiger partial charge in [0, 0.05) is 11.1 Å². The van der Waals surface area contributed by atoms with Crippen LogP contribution in [0, 0.1) is 10.1 Å². The number of nitro groups is 1. The molecule has 0 aliphatic carbocycles.